The van der Waals surface area contributed by atoms with Crippen molar-refractivity contribution in [3.05, 3.63) is 48.0 Å². The number of morpholine rings is 1. The standard InChI is InChI=1S/C21H26N4OS/c1-16(2)14-25-20(24-10-12-26-13-11-24)22-23-21(25)27-15-18-8-5-7-17-6-3-4-9-19(17)18/h3-9,16H,10-15H2,1-2H3. The Labute approximate surface area is 164 Å². The molecule has 0 spiro atoms. The van der Waals surface area contributed by atoms with Gasteiger partial charge in [-0.1, -0.05) is 68.1 Å². The highest BCUT2D eigenvalue weighted by Gasteiger charge is 2.21. The third-order valence-corrected chi connectivity index (χ3v) is 5.79. The molecule has 1 fully saturated rings. The first-order valence-electron chi connectivity index (χ1n) is 9.57. The van der Waals surface area contributed by atoms with Gasteiger partial charge in [-0.05, 0) is 22.3 Å². The normalized spacial score (nSPS) is 15.0. The van der Waals surface area contributed by atoms with Crippen molar-refractivity contribution in [3.63, 3.8) is 0 Å². The van der Waals surface area contributed by atoms with Crippen LogP contribution in [0.2, 0.25) is 0 Å². The summed E-state index contributed by atoms with van der Waals surface area (Å²) in [6, 6.07) is 15.1. The van der Waals surface area contributed by atoms with Crippen LogP contribution in [0, 0.1) is 5.92 Å². The molecule has 4 rings (SSSR count). The van der Waals surface area contributed by atoms with Crippen molar-refractivity contribution in [2.24, 2.45) is 5.92 Å². The summed E-state index contributed by atoms with van der Waals surface area (Å²) >= 11 is 1.77. The Balaban J connectivity index is 1.58. The van der Waals surface area contributed by atoms with E-state index in [1.165, 1.54) is 16.3 Å². The lowest BCUT2D eigenvalue weighted by atomic mass is 10.1. The fourth-order valence-corrected chi connectivity index (χ4v) is 4.42. The van der Waals surface area contributed by atoms with Crippen molar-refractivity contribution in [2.75, 3.05) is 31.2 Å². The number of nitrogens with zero attached hydrogens (tertiary/aromatic N) is 4. The molecule has 3 aromatic rings. The first-order valence-corrected chi connectivity index (χ1v) is 10.6. The second-order valence-electron chi connectivity index (χ2n) is 7.31. The Morgan fingerprint density at radius 2 is 1.81 bits per heavy atom. The minimum absolute atomic E-state index is 0.540. The molecule has 2 heterocycles. The molecule has 1 aliphatic heterocycles. The van der Waals surface area contributed by atoms with E-state index in [0.717, 1.165) is 49.7 Å². The number of hydrogen-bond donors (Lipinski definition) is 0. The van der Waals surface area contributed by atoms with E-state index in [2.05, 4.69) is 76.0 Å². The van der Waals surface area contributed by atoms with Gasteiger partial charge in [0.15, 0.2) is 5.16 Å². The van der Waals surface area contributed by atoms with Crippen LogP contribution >= 0.6 is 11.8 Å². The highest BCUT2D eigenvalue weighted by Crippen LogP contribution is 2.29. The van der Waals surface area contributed by atoms with Crippen LogP contribution in [0.1, 0.15) is 19.4 Å². The monoisotopic (exact) mass is 382 g/mol. The van der Waals surface area contributed by atoms with Crippen molar-refractivity contribution in [3.8, 4) is 0 Å². The summed E-state index contributed by atoms with van der Waals surface area (Å²) in [4.78, 5) is 2.29. The Morgan fingerprint density at radius 1 is 1.04 bits per heavy atom. The molecule has 1 aromatic heterocycles. The molecule has 0 atom stereocenters. The zero-order chi connectivity index (χ0) is 18.6. The molecule has 1 saturated heterocycles. The smallest absolute Gasteiger partial charge is 0.228 e. The van der Waals surface area contributed by atoms with Gasteiger partial charge in [0.2, 0.25) is 5.95 Å². The summed E-state index contributed by atoms with van der Waals surface area (Å²) < 4.78 is 7.77. The molecule has 0 radical (unpaired) electrons. The number of ether oxygens (including phenoxy) is 1. The second-order valence-corrected chi connectivity index (χ2v) is 8.26. The van der Waals surface area contributed by atoms with Gasteiger partial charge in [-0.25, -0.2) is 0 Å². The van der Waals surface area contributed by atoms with E-state index in [-0.39, 0.29) is 0 Å². The number of hydrogen-bond acceptors (Lipinski definition) is 5. The van der Waals surface area contributed by atoms with Crippen LogP contribution in [0.15, 0.2) is 47.6 Å². The van der Waals surface area contributed by atoms with Crippen molar-refractivity contribution >= 4 is 28.5 Å². The van der Waals surface area contributed by atoms with Crippen molar-refractivity contribution < 1.29 is 4.74 Å². The zero-order valence-electron chi connectivity index (χ0n) is 16.0. The van der Waals surface area contributed by atoms with Crippen molar-refractivity contribution in [1.82, 2.24) is 14.8 Å². The van der Waals surface area contributed by atoms with Crippen LogP contribution < -0.4 is 4.90 Å². The summed E-state index contributed by atoms with van der Waals surface area (Å²) in [6.07, 6.45) is 0. The van der Waals surface area contributed by atoms with Gasteiger partial charge in [0.1, 0.15) is 0 Å². The fraction of sp³-hybridized carbons (Fsp3) is 0.429. The van der Waals surface area contributed by atoms with Gasteiger partial charge >= 0.3 is 0 Å². The third-order valence-electron chi connectivity index (χ3n) is 4.78. The number of aromatic nitrogens is 3. The second kappa shape index (κ2) is 8.31. The average Bonchev–Trinajstić information content (AvgIpc) is 3.09. The van der Waals surface area contributed by atoms with Crippen molar-refractivity contribution in [2.45, 2.75) is 31.3 Å². The molecular weight excluding hydrogens is 356 g/mol. The molecule has 0 unspecified atom stereocenters. The number of fused-ring (bicyclic) bond motifs is 1. The van der Waals surface area contributed by atoms with Crippen LogP contribution in [0.4, 0.5) is 5.95 Å². The average molecular weight is 383 g/mol. The number of rotatable bonds is 6. The third kappa shape index (κ3) is 4.12. The minimum Gasteiger partial charge on any atom is -0.378 e. The maximum Gasteiger partial charge on any atom is 0.228 e. The van der Waals surface area contributed by atoms with Crippen LogP contribution in [-0.4, -0.2) is 41.1 Å². The molecular formula is C21H26N4OS. The topological polar surface area (TPSA) is 43.2 Å². The molecule has 0 bridgehead atoms. The Kier molecular flexibility index (Phi) is 5.64. The summed E-state index contributed by atoms with van der Waals surface area (Å²) in [7, 11) is 0. The summed E-state index contributed by atoms with van der Waals surface area (Å²) in [5, 5.41) is 12.7. The van der Waals surface area contributed by atoms with Crippen LogP contribution in [-0.2, 0) is 17.0 Å². The largest absolute Gasteiger partial charge is 0.378 e. The molecule has 27 heavy (non-hydrogen) atoms. The van der Waals surface area contributed by atoms with E-state index in [1.807, 2.05) is 0 Å². The lowest BCUT2D eigenvalue weighted by Gasteiger charge is -2.28. The molecule has 6 heteroatoms. The predicted octanol–water partition coefficient (Wildman–Crippen LogP) is 4.22. The van der Waals surface area contributed by atoms with Crippen LogP contribution in [0.25, 0.3) is 10.8 Å². The zero-order valence-corrected chi connectivity index (χ0v) is 16.8. The van der Waals surface area contributed by atoms with E-state index in [0.29, 0.717) is 5.92 Å². The van der Waals surface area contributed by atoms with E-state index >= 15 is 0 Å². The molecule has 0 N–H and O–H groups in total. The first kappa shape index (κ1) is 18.3. The number of anilines is 1. The molecule has 5 nitrogen and oxygen atoms in total. The van der Waals surface area contributed by atoms with E-state index < -0.39 is 0 Å². The molecule has 1 aliphatic rings. The van der Waals surface area contributed by atoms with Gasteiger partial charge < -0.3 is 9.64 Å². The Hall–Kier alpha value is -2.05. The highest BCUT2D eigenvalue weighted by molar-refractivity contribution is 7.98. The SMILES string of the molecule is CC(C)Cn1c(SCc2cccc3ccccc23)nnc1N1CCOCC1. The van der Waals surface area contributed by atoms with Crippen molar-refractivity contribution in [1.29, 1.82) is 0 Å². The Bertz CT molecular complexity index is 897. The summed E-state index contributed by atoms with van der Waals surface area (Å²) in [5.41, 5.74) is 1.34. The molecule has 0 amide bonds. The lowest BCUT2D eigenvalue weighted by molar-refractivity contribution is 0.121. The first-order chi connectivity index (χ1) is 13.2. The number of benzene rings is 2. The van der Waals surface area contributed by atoms with E-state index in [1.54, 1.807) is 11.8 Å². The lowest BCUT2D eigenvalue weighted by Crippen LogP contribution is -2.38. The molecule has 2 aromatic carbocycles. The maximum atomic E-state index is 5.49. The van der Waals surface area contributed by atoms with Gasteiger partial charge in [0, 0.05) is 25.4 Å². The fourth-order valence-electron chi connectivity index (χ4n) is 3.47. The molecule has 142 valence electrons. The quantitative estimate of drug-likeness (QED) is 0.597. The van der Waals surface area contributed by atoms with Crippen LogP contribution in [0.5, 0.6) is 0 Å². The molecule has 0 saturated carbocycles. The van der Waals surface area contributed by atoms with E-state index in [9.17, 15) is 0 Å². The van der Waals surface area contributed by atoms with E-state index in [4.69, 9.17) is 4.74 Å². The van der Waals surface area contributed by atoms with Gasteiger partial charge in [-0.15, -0.1) is 10.2 Å². The van der Waals surface area contributed by atoms with Gasteiger partial charge in [0.25, 0.3) is 0 Å². The van der Waals surface area contributed by atoms with Gasteiger partial charge in [0.05, 0.1) is 13.2 Å². The highest BCUT2D eigenvalue weighted by atomic mass is 32.2. The Morgan fingerprint density at radius 3 is 2.63 bits per heavy atom. The minimum atomic E-state index is 0.540. The van der Waals surface area contributed by atoms with Gasteiger partial charge in [-0.2, -0.15) is 0 Å². The summed E-state index contributed by atoms with van der Waals surface area (Å²) in [5.74, 6) is 2.41. The number of thioether (sulfide) groups is 1. The van der Waals surface area contributed by atoms with Crippen LogP contribution in [0.3, 0.4) is 0 Å². The predicted molar refractivity (Wildman–Crippen MR) is 111 cm³/mol. The molecule has 0 aliphatic carbocycles. The van der Waals surface area contributed by atoms with Gasteiger partial charge in [-0.3, -0.25) is 4.57 Å². The summed E-state index contributed by atoms with van der Waals surface area (Å²) in [6.45, 7) is 8.68. The maximum absolute atomic E-state index is 5.49.